The second-order valence-electron chi connectivity index (χ2n) is 5.30. The Morgan fingerprint density at radius 1 is 1.10 bits per heavy atom. The van der Waals surface area contributed by atoms with E-state index in [1.807, 2.05) is 35.2 Å². The van der Waals surface area contributed by atoms with Crippen molar-refractivity contribution in [2.75, 3.05) is 19.6 Å². The smallest absolute Gasteiger partial charge is 0.242 e. The number of rotatable bonds is 4. The zero-order valence-corrected chi connectivity index (χ0v) is 12.0. The first-order valence-corrected chi connectivity index (χ1v) is 7.24. The van der Waals surface area contributed by atoms with Crippen molar-refractivity contribution in [3.63, 3.8) is 0 Å². The lowest BCUT2D eigenvalue weighted by molar-refractivity contribution is -0.140. The number of carbonyl (C=O) groups excluding carboxylic acids is 2. The standard InChI is InChI=1S/C16H22N2O2/c1-14(19)18(12-15-8-4-2-5-9-15)13-16(20)17-10-6-3-7-11-17/h2,4-5,8-9H,3,6-7,10-13H2,1H3. The minimum atomic E-state index is -0.0563. The lowest BCUT2D eigenvalue weighted by Crippen LogP contribution is -2.43. The van der Waals surface area contributed by atoms with Gasteiger partial charge in [-0.25, -0.2) is 0 Å². The van der Waals surface area contributed by atoms with Crippen molar-refractivity contribution in [2.24, 2.45) is 0 Å². The monoisotopic (exact) mass is 274 g/mol. The summed E-state index contributed by atoms with van der Waals surface area (Å²) in [7, 11) is 0. The van der Waals surface area contributed by atoms with Gasteiger partial charge in [-0.15, -0.1) is 0 Å². The van der Waals surface area contributed by atoms with Crippen molar-refractivity contribution in [3.05, 3.63) is 35.9 Å². The summed E-state index contributed by atoms with van der Waals surface area (Å²) < 4.78 is 0. The third kappa shape index (κ3) is 4.08. The van der Waals surface area contributed by atoms with E-state index in [0.29, 0.717) is 6.54 Å². The highest BCUT2D eigenvalue weighted by Gasteiger charge is 2.20. The first kappa shape index (κ1) is 14.6. The molecule has 1 fully saturated rings. The summed E-state index contributed by atoms with van der Waals surface area (Å²) in [5, 5.41) is 0. The van der Waals surface area contributed by atoms with Crippen molar-refractivity contribution in [1.82, 2.24) is 9.80 Å². The number of likely N-dealkylation sites (tertiary alicyclic amines) is 1. The van der Waals surface area contributed by atoms with E-state index in [-0.39, 0.29) is 18.4 Å². The van der Waals surface area contributed by atoms with Gasteiger partial charge in [0, 0.05) is 26.6 Å². The van der Waals surface area contributed by atoms with Crippen molar-refractivity contribution < 1.29 is 9.59 Å². The molecule has 0 unspecified atom stereocenters. The summed E-state index contributed by atoms with van der Waals surface area (Å²) in [6, 6.07) is 9.78. The van der Waals surface area contributed by atoms with Gasteiger partial charge in [0.2, 0.25) is 11.8 Å². The van der Waals surface area contributed by atoms with Crippen LogP contribution in [0.4, 0.5) is 0 Å². The number of nitrogens with zero attached hydrogens (tertiary/aromatic N) is 2. The summed E-state index contributed by atoms with van der Waals surface area (Å²) in [5.74, 6) is 0.00930. The van der Waals surface area contributed by atoms with Gasteiger partial charge in [-0.05, 0) is 24.8 Å². The number of benzene rings is 1. The van der Waals surface area contributed by atoms with E-state index >= 15 is 0 Å². The van der Waals surface area contributed by atoms with Crippen LogP contribution in [0.25, 0.3) is 0 Å². The maximum Gasteiger partial charge on any atom is 0.242 e. The SMILES string of the molecule is CC(=O)N(CC(=O)N1CCCCC1)Cc1ccccc1. The number of carbonyl (C=O) groups is 2. The Kier molecular flexibility index (Phi) is 5.16. The molecule has 1 saturated heterocycles. The highest BCUT2D eigenvalue weighted by molar-refractivity contribution is 5.83. The molecule has 0 atom stereocenters. The van der Waals surface area contributed by atoms with Crippen LogP contribution in [0.3, 0.4) is 0 Å². The van der Waals surface area contributed by atoms with E-state index < -0.39 is 0 Å². The molecule has 1 heterocycles. The molecule has 1 aromatic rings. The van der Waals surface area contributed by atoms with E-state index in [4.69, 9.17) is 0 Å². The molecule has 0 radical (unpaired) electrons. The molecule has 0 aromatic heterocycles. The second-order valence-corrected chi connectivity index (χ2v) is 5.30. The number of hydrogen-bond donors (Lipinski definition) is 0. The van der Waals surface area contributed by atoms with Crippen molar-refractivity contribution in [3.8, 4) is 0 Å². The maximum atomic E-state index is 12.2. The summed E-state index contributed by atoms with van der Waals surface area (Å²) in [6.45, 7) is 3.86. The molecule has 0 saturated carbocycles. The average molecular weight is 274 g/mol. The summed E-state index contributed by atoms with van der Waals surface area (Å²) >= 11 is 0. The Balaban J connectivity index is 1.95. The van der Waals surface area contributed by atoms with Gasteiger partial charge in [0.05, 0.1) is 0 Å². The molecule has 1 aliphatic rings. The Bertz CT molecular complexity index is 453. The highest BCUT2D eigenvalue weighted by atomic mass is 16.2. The predicted octanol–water partition coefficient (Wildman–Crippen LogP) is 2.05. The van der Waals surface area contributed by atoms with Gasteiger partial charge in [-0.3, -0.25) is 9.59 Å². The molecule has 2 amide bonds. The molecule has 20 heavy (non-hydrogen) atoms. The van der Waals surface area contributed by atoms with Gasteiger partial charge in [-0.2, -0.15) is 0 Å². The van der Waals surface area contributed by atoms with Crippen LogP contribution in [-0.2, 0) is 16.1 Å². The largest absolute Gasteiger partial charge is 0.341 e. The van der Waals surface area contributed by atoms with Crippen molar-refractivity contribution in [1.29, 1.82) is 0 Å². The maximum absolute atomic E-state index is 12.2. The third-order valence-electron chi connectivity index (χ3n) is 3.70. The van der Waals surface area contributed by atoms with Gasteiger partial charge in [-0.1, -0.05) is 30.3 Å². The zero-order chi connectivity index (χ0) is 14.4. The van der Waals surface area contributed by atoms with Gasteiger partial charge in [0.1, 0.15) is 6.54 Å². The number of piperidine rings is 1. The first-order chi connectivity index (χ1) is 9.66. The van der Waals surface area contributed by atoms with Crippen LogP contribution in [0.2, 0.25) is 0 Å². The molecule has 1 aromatic carbocycles. The number of amides is 2. The van der Waals surface area contributed by atoms with Crippen molar-refractivity contribution >= 4 is 11.8 Å². The molecule has 4 nitrogen and oxygen atoms in total. The second kappa shape index (κ2) is 7.08. The third-order valence-corrected chi connectivity index (χ3v) is 3.70. The Hall–Kier alpha value is -1.84. The lowest BCUT2D eigenvalue weighted by Gasteiger charge is -2.29. The normalized spacial score (nSPS) is 14.9. The van der Waals surface area contributed by atoms with E-state index in [2.05, 4.69) is 0 Å². The Morgan fingerprint density at radius 3 is 2.35 bits per heavy atom. The van der Waals surface area contributed by atoms with E-state index in [9.17, 15) is 9.59 Å². The van der Waals surface area contributed by atoms with E-state index in [1.54, 1.807) is 4.90 Å². The topological polar surface area (TPSA) is 40.6 Å². The molecule has 2 rings (SSSR count). The molecule has 0 bridgehead atoms. The molecule has 4 heteroatoms. The molecular formula is C16H22N2O2. The van der Waals surface area contributed by atoms with Crippen molar-refractivity contribution in [2.45, 2.75) is 32.7 Å². The van der Waals surface area contributed by atoms with Gasteiger partial charge in [0.15, 0.2) is 0 Å². The highest BCUT2D eigenvalue weighted by Crippen LogP contribution is 2.10. The minimum Gasteiger partial charge on any atom is -0.341 e. The van der Waals surface area contributed by atoms with Crippen LogP contribution in [0.15, 0.2) is 30.3 Å². The van der Waals surface area contributed by atoms with E-state index in [0.717, 1.165) is 31.5 Å². The predicted molar refractivity (Wildman–Crippen MR) is 78.0 cm³/mol. The zero-order valence-electron chi connectivity index (χ0n) is 12.0. The lowest BCUT2D eigenvalue weighted by atomic mass is 10.1. The minimum absolute atomic E-state index is 0.0563. The number of hydrogen-bond acceptors (Lipinski definition) is 2. The van der Waals surface area contributed by atoms with E-state index in [1.165, 1.54) is 13.3 Å². The van der Waals surface area contributed by atoms with Crippen LogP contribution in [0, 0.1) is 0 Å². The van der Waals surface area contributed by atoms with Crippen LogP contribution in [0.1, 0.15) is 31.7 Å². The molecule has 0 spiro atoms. The molecular weight excluding hydrogens is 252 g/mol. The van der Waals surface area contributed by atoms with Crippen LogP contribution >= 0.6 is 0 Å². The molecule has 108 valence electrons. The average Bonchev–Trinajstić information content (AvgIpc) is 2.48. The Morgan fingerprint density at radius 2 is 1.75 bits per heavy atom. The fourth-order valence-corrected chi connectivity index (χ4v) is 2.49. The summed E-state index contributed by atoms with van der Waals surface area (Å²) in [4.78, 5) is 27.5. The van der Waals surface area contributed by atoms with Crippen LogP contribution in [0.5, 0.6) is 0 Å². The fraction of sp³-hybridized carbons (Fsp3) is 0.500. The summed E-state index contributed by atoms with van der Waals surface area (Å²) in [5.41, 5.74) is 1.05. The molecule has 1 aliphatic heterocycles. The Labute approximate surface area is 120 Å². The fourth-order valence-electron chi connectivity index (χ4n) is 2.49. The molecule has 0 aliphatic carbocycles. The quantitative estimate of drug-likeness (QED) is 0.843. The van der Waals surface area contributed by atoms with Gasteiger partial charge in [0.25, 0.3) is 0 Å². The van der Waals surface area contributed by atoms with Crippen LogP contribution in [-0.4, -0.2) is 41.2 Å². The van der Waals surface area contributed by atoms with Crippen LogP contribution < -0.4 is 0 Å². The van der Waals surface area contributed by atoms with Gasteiger partial charge < -0.3 is 9.80 Å². The summed E-state index contributed by atoms with van der Waals surface area (Å²) in [6.07, 6.45) is 3.35. The first-order valence-electron chi connectivity index (χ1n) is 7.24. The van der Waals surface area contributed by atoms with Gasteiger partial charge >= 0.3 is 0 Å². The molecule has 0 N–H and O–H groups in total.